The molecule has 19 heavy (non-hydrogen) atoms. The van der Waals surface area contributed by atoms with Crippen molar-refractivity contribution in [2.75, 3.05) is 13.2 Å². The molecule has 0 aliphatic rings. The van der Waals surface area contributed by atoms with Gasteiger partial charge in [0, 0.05) is 6.54 Å². The van der Waals surface area contributed by atoms with Crippen LogP contribution in [-0.2, 0) is 9.53 Å². The van der Waals surface area contributed by atoms with Crippen LogP contribution in [0.25, 0.3) is 0 Å². The molecule has 0 aliphatic heterocycles. The summed E-state index contributed by atoms with van der Waals surface area (Å²) in [5, 5.41) is 9.62. The Morgan fingerprint density at radius 3 is 2.16 bits per heavy atom. The van der Waals surface area contributed by atoms with Crippen molar-refractivity contribution in [3.8, 4) is 0 Å². The van der Waals surface area contributed by atoms with E-state index in [4.69, 9.17) is 4.74 Å². The van der Waals surface area contributed by atoms with Crippen LogP contribution in [0.5, 0.6) is 0 Å². The van der Waals surface area contributed by atoms with Crippen molar-refractivity contribution in [1.29, 1.82) is 0 Å². The van der Waals surface area contributed by atoms with Crippen molar-refractivity contribution < 1.29 is 19.4 Å². The molecule has 0 heterocycles. The van der Waals surface area contributed by atoms with E-state index in [2.05, 4.69) is 0 Å². The van der Waals surface area contributed by atoms with Crippen LogP contribution in [0.1, 0.15) is 59.8 Å². The Morgan fingerprint density at radius 2 is 1.79 bits per heavy atom. The fraction of sp³-hybridized carbons (Fsp3) is 0.857. The monoisotopic (exact) mass is 273 g/mol. The molecule has 1 atom stereocenters. The second-order valence-corrected chi connectivity index (χ2v) is 4.64. The zero-order valence-corrected chi connectivity index (χ0v) is 12.6. The molecule has 1 unspecified atom stereocenters. The van der Waals surface area contributed by atoms with Gasteiger partial charge >= 0.3 is 12.1 Å². The topological polar surface area (TPSA) is 66.8 Å². The van der Waals surface area contributed by atoms with Gasteiger partial charge < -0.3 is 9.84 Å². The summed E-state index contributed by atoms with van der Waals surface area (Å²) in [4.78, 5) is 25.2. The van der Waals surface area contributed by atoms with Gasteiger partial charge in [-0.3, -0.25) is 4.90 Å². The summed E-state index contributed by atoms with van der Waals surface area (Å²) >= 11 is 0. The van der Waals surface area contributed by atoms with Gasteiger partial charge in [-0.2, -0.15) is 0 Å². The highest BCUT2D eigenvalue weighted by molar-refractivity contribution is 5.84. The van der Waals surface area contributed by atoms with Gasteiger partial charge in [0.05, 0.1) is 6.61 Å². The first-order valence-electron chi connectivity index (χ1n) is 7.17. The zero-order valence-electron chi connectivity index (χ0n) is 12.6. The van der Waals surface area contributed by atoms with Gasteiger partial charge in [-0.15, -0.1) is 0 Å². The number of carboxylic acid groups (broad SMARTS) is 1. The van der Waals surface area contributed by atoms with E-state index in [1.165, 1.54) is 4.90 Å². The standard InChI is InChI=1S/C14H27NO4/c1-5-9-10-14(7-3,12(16)17)15(11-6-2)13(18)19-8-4/h5-11H2,1-4H3,(H,16,17). The number of nitrogens with zero attached hydrogens (tertiary/aromatic N) is 1. The summed E-state index contributed by atoms with van der Waals surface area (Å²) in [7, 11) is 0. The van der Waals surface area contributed by atoms with Crippen molar-refractivity contribution in [2.45, 2.75) is 65.3 Å². The largest absolute Gasteiger partial charge is 0.479 e. The molecule has 0 saturated heterocycles. The van der Waals surface area contributed by atoms with Crippen LogP contribution in [0.4, 0.5) is 4.79 Å². The number of unbranched alkanes of at least 4 members (excludes halogenated alkanes) is 1. The highest BCUT2D eigenvalue weighted by Crippen LogP contribution is 2.28. The number of carboxylic acids is 1. The lowest BCUT2D eigenvalue weighted by Gasteiger charge is -2.39. The molecule has 1 N–H and O–H groups in total. The SMILES string of the molecule is CCCCC(CC)(C(=O)O)N(CCC)C(=O)OCC. The summed E-state index contributed by atoms with van der Waals surface area (Å²) in [5.74, 6) is -0.940. The van der Waals surface area contributed by atoms with Crippen LogP contribution < -0.4 is 0 Å². The van der Waals surface area contributed by atoms with Crippen LogP contribution in [0.2, 0.25) is 0 Å². The third-order valence-corrected chi connectivity index (χ3v) is 3.38. The van der Waals surface area contributed by atoms with Crippen LogP contribution in [-0.4, -0.2) is 40.8 Å². The minimum absolute atomic E-state index is 0.256. The fourth-order valence-electron chi connectivity index (χ4n) is 2.25. The maximum atomic E-state index is 12.0. The van der Waals surface area contributed by atoms with E-state index in [0.29, 0.717) is 25.8 Å². The van der Waals surface area contributed by atoms with Gasteiger partial charge in [-0.05, 0) is 26.2 Å². The molecule has 1 amide bonds. The van der Waals surface area contributed by atoms with Crippen molar-refractivity contribution in [1.82, 2.24) is 4.90 Å². The minimum atomic E-state index is -1.14. The summed E-state index contributed by atoms with van der Waals surface area (Å²) < 4.78 is 5.02. The Balaban J connectivity index is 5.32. The maximum Gasteiger partial charge on any atom is 0.410 e. The fourth-order valence-corrected chi connectivity index (χ4v) is 2.25. The number of carbonyl (C=O) groups excluding carboxylic acids is 1. The molecule has 0 saturated carbocycles. The van der Waals surface area contributed by atoms with E-state index < -0.39 is 17.6 Å². The molecule has 0 aromatic heterocycles. The van der Waals surface area contributed by atoms with Crippen molar-refractivity contribution in [3.63, 3.8) is 0 Å². The van der Waals surface area contributed by atoms with Gasteiger partial charge in [0.2, 0.25) is 0 Å². The summed E-state index contributed by atoms with van der Waals surface area (Å²) in [6.45, 7) is 8.13. The predicted octanol–water partition coefficient (Wildman–Crippen LogP) is 3.28. The molecule has 0 aromatic rings. The third-order valence-electron chi connectivity index (χ3n) is 3.38. The zero-order chi connectivity index (χ0) is 14.9. The molecule has 0 radical (unpaired) electrons. The molecule has 0 bridgehead atoms. The second kappa shape index (κ2) is 8.77. The van der Waals surface area contributed by atoms with E-state index in [0.717, 1.165) is 12.8 Å². The first kappa shape index (κ1) is 17.7. The maximum absolute atomic E-state index is 12.0. The van der Waals surface area contributed by atoms with Gasteiger partial charge in [-0.25, -0.2) is 9.59 Å². The van der Waals surface area contributed by atoms with Crippen LogP contribution >= 0.6 is 0 Å². The molecule has 0 rings (SSSR count). The van der Waals surface area contributed by atoms with E-state index >= 15 is 0 Å². The minimum Gasteiger partial charge on any atom is -0.479 e. The number of hydrogen-bond acceptors (Lipinski definition) is 3. The van der Waals surface area contributed by atoms with Crippen molar-refractivity contribution >= 4 is 12.1 Å². The Morgan fingerprint density at radius 1 is 1.16 bits per heavy atom. The average molecular weight is 273 g/mol. The number of rotatable bonds is 9. The average Bonchev–Trinajstić information content (AvgIpc) is 2.38. The number of aliphatic carboxylic acids is 1. The molecule has 112 valence electrons. The lowest BCUT2D eigenvalue weighted by molar-refractivity contribution is -0.151. The van der Waals surface area contributed by atoms with Crippen LogP contribution in [0, 0.1) is 0 Å². The molecule has 0 fully saturated rings. The summed E-state index contributed by atoms with van der Waals surface area (Å²) in [5.41, 5.74) is -1.14. The van der Waals surface area contributed by atoms with E-state index in [1.54, 1.807) is 6.92 Å². The normalized spacial score (nSPS) is 13.7. The lowest BCUT2D eigenvalue weighted by Crippen LogP contribution is -2.57. The molecular formula is C14H27NO4. The Labute approximate surface area is 115 Å². The van der Waals surface area contributed by atoms with E-state index in [-0.39, 0.29) is 6.61 Å². The Bertz CT molecular complexity index is 293. The highest BCUT2D eigenvalue weighted by atomic mass is 16.6. The summed E-state index contributed by atoms with van der Waals surface area (Å²) in [6, 6.07) is 0. The first-order chi connectivity index (χ1) is 8.99. The number of ether oxygens (including phenoxy) is 1. The Hall–Kier alpha value is -1.26. The molecule has 0 aromatic carbocycles. The van der Waals surface area contributed by atoms with E-state index in [1.807, 2.05) is 20.8 Å². The number of hydrogen-bond donors (Lipinski definition) is 1. The smallest absolute Gasteiger partial charge is 0.410 e. The molecule has 5 nitrogen and oxygen atoms in total. The van der Waals surface area contributed by atoms with Crippen LogP contribution in [0.15, 0.2) is 0 Å². The van der Waals surface area contributed by atoms with Gasteiger partial charge in [0.25, 0.3) is 0 Å². The molecule has 0 spiro atoms. The molecule has 5 heteroatoms. The van der Waals surface area contributed by atoms with Crippen LogP contribution in [0.3, 0.4) is 0 Å². The highest BCUT2D eigenvalue weighted by Gasteiger charge is 2.45. The lowest BCUT2D eigenvalue weighted by atomic mass is 9.87. The predicted molar refractivity (Wildman–Crippen MR) is 74.2 cm³/mol. The summed E-state index contributed by atoms with van der Waals surface area (Å²) in [6.07, 6.45) is 2.72. The third kappa shape index (κ3) is 4.40. The van der Waals surface area contributed by atoms with Gasteiger partial charge in [0.15, 0.2) is 0 Å². The molecular weight excluding hydrogens is 246 g/mol. The van der Waals surface area contributed by atoms with Gasteiger partial charge in [-0.1, -0.05) is 33.6 Å². The Kier molecular flexibility index (Phi) is 8.19. The second-order valence-electron chi connectivity index (χ2n) is 4.64. The quantitative estimate of drug-likeness (QED) is 0.700. The number of carbonyl (C=O) groups is 2. The number of amides is 1. The van der Waals surface area contributed by atoms with Crippen molar-refractivity contribution in [2.24, 2.45) is 0 Å². The molecule has 0 aliphatic carbocycles. The van der Waals surface area contributed by atoms with Gasteiger partial charge in [0.1, 0.15) is 5.54 Å². The van der Waals surface area contributed by atoms with E-state index in [9.17, 15) is 14.7 Å². The van der Waals surface area contributed by atoms with Crippen molar-refractivity contribution in [3.05, 3.63) is 0 Å². The first-order valence-corrected chi connectivity index (χ1v) is 7.17.